The van der Waals surface area contributed by atoms with Crippen LogP contribution in [-0.2, 0) is 17.8 Å². The zero-order chi connectivity index (χ0) is 15.8. The molecule has 0 saturated carbocycles. The normalized spacial score (nSPS) is 23.8. The van der Waals surface area contributed by atoms with Crippen molar-refractivity contribution >= 4 is 5.91 Å². The Kier molecular flexibility index (Phi) is 3.59. The lowest BCUT2D eigenvalue weighted by molar-refractivity contribution is -0.144. The molecule has 1 saturated heterocycles. The fourth-order valence-corrected chi connectivity index (χ4v) is 3.57. The molecule has 2 aliphatic heterocycles. The second-order valence-corrected chi connectivity index (χ2v) is 6.35. The Hall–Kier alpha value is -2.24. The molecule has 0 bridgehead atoms. The Morgan fingerprint density at radius 1 is 1.13 bits per heavy atom. The summed E-state index contributed by atoms with van der Waals surface area (Å²) in [4.78, 5) is 14.8. The predicted molar refractivity (Wildman–Crippen MR) is 81.9 cm³/mol. The number of likely N-dealkylation sites (tertiary alicyclic amines) is 1. The highest BCUT2D eigenvalue weighted by atomic mass is 19.1. The third kappa shape index (κ3) is 2.62. The van der Waals surface area contributed by atoms with Crippen molar-refractivity contribution in [3.05, 3.63) is 47.8 Å². The minimum atomic E-state index is -0.238. The Morgan fingerprint density at radius 3 is 2.70 bits per heavy atom. The first kappa shape index (κ1) is 14.4. The van der Waals surface area contributed by atoms with Gasteiger partial charge in [-0.1, -0.05) is 12.1 Å². The van der Waals surface area contributed by atoms with Gasteiger partial charge in [0.15, 0.2) is 0 Å². The van der Waals surface area contributed by atoms with E-state index in [1.807, 2.05) is 9.47 Å². The van der Waals surface area contributed by atoms with Gasteiger partial charge < -0.3 is 9.47 Å². The topological polar surface area (TPSA) is 51.0 Å². The van der Waals surface area contributed by atoms with Crippen molar-refractivity contribution in [3.63, 3.8) is 0 Å². The van der Waals surface area contributed by atoms with E-state index < -0.39 is 0 Å². The first-order valence-electron chi connectivity index (χ1n) is 8.15. The lowest BCUT2D eigenvalue weighted by atomic mass is 9.90. The highest BCUT2D eigenvalue weighted by Crippen LogP contribution is 2.36. The smallest absolute Gasteiger partial charge is 0.226 e. The van der Waals surface area contributed by atoms with Gasteiger partial charge in [0.05, 0.1) is 6.04 Å². The number of aromatic nitrogens is 3. The molecule has 0 radical (unpaired) electrons. The molecule has 0 aliphatic carbocycles. The van der Waals surface area contributed by atoms with Gasteiger partial charge in [0.25, 0.3) is 0 Å². The number of benzene rings is 1. The van der Waals surface area contributed by atoms with Crippen LogP contribution >= 0.6 is 0 Å². The highest BCUT2D eigenvalue weighted by Gasteiger charge is 2.37. The Bertz CT molecular complexity index is 689. The van der Waals surface area contributed by atoms with Gasteiger partial charge in [-0.15, -0.1) is 10.2 Å². The summed E-state index contributed by atoms with van der Waals surface area (Å²) in [6.07, 6.45) is 5.15. The molecule has 120 valence electrons. The summed E-state index contributed by atoms with van der Waals surface area (Å²) in [6, 6.07) is 6.61. The zero-order valence-electron chi connectivity index (χ0n) is 12.9. The van der Waals surface area contributed by atoms with Crippen LogP contribution in [0, 0.1) is 11.7 Å². The number of amides is 1. The maximum absolute atomic E-state index is 13.1. The number of hydrogen-bond donors (Lipinski definition) is 0. The van der Waals surface area contributed by atoms with Gasteiger partial charge in [-0.25, -0.2) is 4.39 Å². The van der Waals surface area contributed by atoms with Crippen LogP contribution in [0.3, 0.4) is 0 Å². The van der Waals surface area contributed by atoms with Crippen LogP contribution < -0.4 is 0 Å². The van der Waals surface area contributed by atoms with Crippen LogP contribution in [0.1, 0.15) is 36.7 Å². The largest absolute Gasteiger partial charge is 0.335 e. The summed E-state index contributed by atoms with van der Waals surface area (Å²) in [5.74, 6) is 1.00. The highest BCUT2D eigenvalue weighted by molar-refractivity contribution is 5.80. The molecule has 23 heavy (non-hydrogen) atoms. The van der Waals surface area contributed by atoms with Crippen molar-refractivity contribution in [1.29, 1.82) is 0 Å². The fraction of sp³-hybridized carbons (Fsp3) is 0.471. The van der Waals surface area contributed by atoms with Gasteiger partial charge >= 0.3 is 0 Å². The number of hydrogen-bond acceptors (Lipinski definition) is 3. The molecule has 6 heteroatoms. The monoisotopic (exact) mass is 314 g/mol. The predicted octanol–water partition coefficient (Wildman–Crippen LogP) is 2.34. The average Bonchev–Trinajstić information content (AvgIpc) is 2.87. The van der Waals surface area contributed by atoms with E-state index >= 15 is 0 Å². The molecule has 5 nitrogen and oxygen atoms in total. The molecule has 2 aromatic rings. The van der Waals surface area contributed by atoms with E-state index in [-0.39, 0.29) is 23.7 Å². The third-order valence-corrected chi connectivity index (χ3v) is 5.04. The summed E-state index contributed by atoms with van der Waals surface area (Å²) in [5, 5.41) is 8.04. The number of rotatable bonds is 2. The molecule has 2 atom stereocenters. The van der Waals surface area contributed by atoms with Gasteiger partial charge in [-0.3, -0.25) is 4.79 Å². The average molecular weight is 314 g/mol. The van der Waals surface area contributed by atoms with Gasteiger partial charge in [0, 0.05) is 25.4 Å². The molecule has 2 unspecified atom stereocenters. The summed E-state index contributed by atoms with van der Waals surface area (Å²) in [5.41, 5.74) is 1.02. The molecule has 1 aromatic heterocycles. The van der Waals surface area contributed by atoms with Crippen molar-refractivity contribution in [3.8, 4) is 0 Å². The van der Waals surface area contributed by atoms with E-state index in [0.29, 0.717) is 0 Å². The molecule has 1 amide bonds. The van der Waals surface area contributed by atoms with Crippen LogP contribution in [0.15, 0.2) is 30.6 Å². The number of fused-ring (bicyclic) bond motifs is 1. The van der Waals surface area contributed by atoms with Crippen LogP contribution in [0.2, 0.25) is 0 Å². The van der Waals surface area contributed by atoms with Crippen molar-refractivity contribution in [2.24, 2.45) is 5.92 Å². The minimum Gasteiger partial charge on any atom is -0.335 e. The Balaban J connectivity index is 1.45. The van der Waals surface area contributed by atoms with Gasteiger partial charge in [-0.2, -0.15) is 0 Å². The Morgan fingerprint density at radius 2 is 1.96 bits per heavy atom. The van der Waals surface area contributed by atoms with Gasteiger partial charge in [0.2, 0.25) is 5.91 Å². The first-order valence-corrected chi connectivity index (χ1v) is 8.15. The molecule has 2 aliphatic rings. The number of carbonyl (C=O) groups excluding carboxylic acids is 1. The number of halogens is 1. The fourth-order valence-electron chi connectivity index (χ4n) is 3.57. The van der Waals surface area contributed by atoms with Crippen molar-refractivity contribution in [2.45, 2.75) is 38.3 Å². The van der Waals surface area contributed by atoms with Crippen LogP contribution in [0.4, 0.5) is 4.39 Å². The SMILES string of the molecule is O=C(C1CCc2nncn2CC1)N1CCC1c1ccc(F)cc1. The van der Waals surface area contributed by atoms with E-state index in [4.69, 9.17) is 0 Å². The number of carbonyl (C=O) groups is 1. The molecule has 1 fully saturated rings. The first-order chi connectivity index (χ1) is 11.2. The van der Waals surface area contributed by atoms with Crippen molar-refractivity contribution in [2.75, 3.05) is 6.54 Å². The summed E-state index contributed by atoms with van der Waals surface area (Å²) in [7, 11) is 0. The van der Waals surface area contributed by atoms with Crippen molar-refractivity contribution in [1.82, 2.24) is 19.7 Å². The molecular weight excluding hydrogens is 295 g/mol. The quantitative estimate of drug-likeness (QED) is 0.855. The molecule has 1 aromatic carbocycles. The minimum absolute atomic E-state index is 0.0416. The number of nitrogens with zero attached hydrogens (tertiary/aromatic N) is 4. The zero-order valence-corrected chi connectivity index (χ0v) is 12.9. The maximum atomic E-state index is 13.1. The summed E-state index contributed by atoms with van der Waals surface area (Å²) >= 11 is 0. The van der Waals surface area contributed by atoms with E-state index in [1.165, 1.54) is 12.1 Å². The second kappa shape index (κ2) is 5.76. The van der Waals surface area contributed by atoms with E-state index in [2.05, 4.69) is 10.2 Å². The lowest BCUT2D eigenvalue weighted by Crippen LogP contribution is -2.47. The Labute approximate surface area is 134 Å². The van der Waals surface area contributed by atoms with Crippen LogP contribution in [-0.4, -0.2) is 32.1 Å². The second-order valence-electron chi connectivity index (χ2n) is 6.35. The standard InChI is InChI=1S/C17H19FN4O/c18-14-4-1-12(2-5-14)15-8-10-22(15)17(23)13-3-6-16-20-19-11-21(16)9-7-13/h1-2,4-5,11,13,15H,3,6-10H2. The van der Waals surface area contributed by atoms with E-state index in [9.17, 15) is 9.18 Å². The number of aryl methyl sites for hydroxylation is 2. The molecule has 4 rings (SSSR count). The molecule has 0 N–H and O–H groups in total. The molecular formula is C17H19FN4O. The van der Waals surface area contributed by atoms with Crippen LogP contribution in [0.5, 0.6) is 0 Å². The molecule has 3 heterocycles. The third-order valence-electron chi connectivity index (χ3n) is 5.04. The van der Waals surface area contributed by atoms with E-state index in [1.54, 1.807) is 18.5 Å². The van der Waals surface area contributed by atoms with Crippen LogP contribution in [0.25, 0.3) is 0 Å². The summed E-state index contributed by atoms with van der Waals surface area (Å²) in [6.45, 7) is 1.59. The molecule has 0 spiro atoms. The van der Waals surface area contributed by atoms with Crippen molar-refractivity contribution < 1.29 is 9.18 Å². The lowest BCUT2D eigenvalue weighted by Gasteiger charge is -2.43. The van der Waals surface area contributed by atoms with Gasteiger partial charge in [-0.05, 0) is 37.0 Å². The van der Waals surface area contributed by atoms with Gasteiger partial charge in [0.1, 0.15) is 18.0 Å². The maximum Gasteiger partial charge on any atom is 0.226 e. The van der Waals surface area contributed by atoms with E-state index in [0.717, 1.165) is 50.2 Å². The summed E-state index contributed by atoms with van der Waals surface area (Å²) < 4.78 is 15.1.